The van der Waals surface area contributed by atoms with Crippen LogP contribution in [0, 0.1) is 5.92 Å². The first-order valence-corrected chi connectivity index (χ1v) is 5.11. The van der Waals surface area contributed by atoms with E-state index in [0.29, 0.717) is 5.75 Å². The average molecular weight is 205 g/mol. The fraction of sp³-hybridized carbons (Fsp3) is 0.750. The Bertz CT molecular complexity index is 194. The molecule has 0 spiro atoms. The van der Waals surface area contributed by atoms with E-state index in [1.54, 1.807) is 21.0 Å². The number of hydrogen-bond donors (Lipinski definition) is 1. The highest BCUT2D eigenvalue weighted by Gasteiger charge is 2.14. The van der Waals surface area contributed by atoms with Gasteiger partial charge in [-0.1, -0.05) is 6.92 Å². The first-order chi connectivity index (χ1) is 5.95. The zero-order valence-corrected chi connectivity index (χ0v) is 8.93. The van der Waals surface area contributed by atoms with Gasteiger partial charge in [0.1, 0.15) is 0 Å². The Morgan fingerprint density at radius 3 is 2.38 bits per heavy atom. The molecule has 0 aromatic heterocycles. The third-order valence-electron chi connectivity index (χ3n) is 1.46. The summed E-state index contributed by atoms with van der Waals surface area (Å²) in [5.41, 5.74) is 0. The van der Waals surface area contributed by atoms with Gasteiger partial charge in [-0.3, -0.25) is 9.59 Å². The standard InChI is InChI=1S/C8H15NO3S/c1-6(8(12)9(2)3)4-13-5-7(10)11/h6H,4-5H2,1-3H3,(H,10,11)/t6-/m1/s1. The molecule has 0 heterocycles. The maximum absolute atomic E-state index is 11.3. The molecule has 0 aromatic carbocycles. The summed E-state index contributed by atoms with van der Waals surface area (Å²) in [7, 11) is 3.39. The van der Waals surface area contributed by atoms with Crippen molar-refractivity contribution in [3.8, 4) is 0 Å². The molecule has 1 atom stereocenters. The molecule has 0 fully saturated rings. The molecule has 0 unspecified atom stereocenters. The number of aliphatic carboxylic acids is 1. The summed E-state index contributed by atoms with van der Waals surface area (Å²) in [5, 5.41) is 8.36. The van der Waals surface area contributed by atoms with Crippen LogP contribution in [0.25, 0.3) is 0 Å². The molecule has 0 aromatic rings. The Hall–Kier alpha value is -0.710. The number of carboxylic acid groups (broad SMARTS) is 1. The summed E-state index contributed by atoms with van der Waals surface area (Å²) in [5.74, 6) is -0.291. The van der Waals surface area contributed by atoms with Gasteiger partial charge in [0, 0.05) is 25.8 Å². The minimum absolute atomic E-state index is 0.0397. The Morgan fingerprint density at radius 2 is 2.00 bits per heavy atom. The van der Waals surface area contributed by atoms with Gasteiger partial charge < -0.3 is 10.0 Å². The van der Waals surface area contributed by atoms with E-state index in [1.807, 2.05) is 0 Å². The van der Waals surface area contributed by atoms with Gasteiger partial charge in [0.15, 0.2) is 0 Å². The van der Waals surface area contributed by atoms with Gasteiger partial charge in [-0.05, 0) is 0 Å². The summed E-state index contributed by atoms with van der Waals surface area (Å²) in [6, 6.07) is 0. The molecule has 0 bridgehead atoms. The molecule has 13 heavy (non-hydrogen) atoms. The monoisotopic (exact) mass is 205 g/mol. The second-order valence-corrected chi connectivity index (χ2v) is 4.07. The summed E-state index contributed by atoms with van der Waals surface area (Å²) >= 11 is 1.27. The lowest BCUT2D eigenvalue weighted by molar-refractivity contribution is -0.134. The van der Waals surface area contributed by atoms with Crippen molar-refractivity contribution in [3.63, 3.8) is 0 Å². The van der Waals surface area contributed by atoms with E-state index in [2.05, 4.69) is 0 Å². The molecule has 0 aliphatic heterocycles. The molecule has 76 valence electrons. The van der Waals surface area contributed by atoms with Crippen LogP contribution in [0.5, 0.6) is 0 Å². The van der Waals surface area contributed by atoms with Crippen LogP contribution in [0.1, 0.15) is 6.92 Å². The molecule has 4 nitrogen and oxygen atoms in total. The van der Waals surface area contributed by atoms with Gasteiger partial charge in [0.25, 0.3) is 0 Å². The maximum atomic E-state index is 11.3. The number of nitrogens with zero attached hydrogens (tertiary/aromatic N) is 1. The SMILES string of the molecule is C[C@H](CSCC(=O)O)C(=O)N(C)C. The maximum Gasteiger partial charge on any atom is 0.313 e. The molecule has 5 heteroatoms. The highest BCUT2D eigenvalue weighted by molar-refractivity contribution is 7.99. The van der Waals surface area contributed by atoms with Crippen molar-refractivity contribution in [2.45, 2.75) is 6.92 Å². The van der Waals surface area contributed by atoms with E-state index >= 15 is 0 Å². The van der Waals surface area contributed by atoms with E-state index in [9.17, 15) is 9.59 Å². The average Bonchev–Trinajstić information content (AvgIpc) is 2.02. The van der Waals surface area contributed by atoms with Gasteiger partial charge >= 0.3 is 5.97 Å². The number of amides is 1. The second-order valence-electron chi connectivity index (χ2n) is 3.04. The van der Waals surface area contributed by atoms with Gasteiger partial charge in [0.05, 0.1) is 5.75 Å². The third-order valence-corrected chi connectivity index (χ3v) is 2.64. The van der Waals surface area contributed by atoms with Crippen LogP contribution in [0.4, 0.5) is 0 Å². The van der Waals surface area contributed by atoms with E-state index in [-0.39, 0.29) is 17.6 Å². The largest absolute Gasteiger partial charge is 0.481 e. The van der Waals surface area contributed by atoms with Crippen molar-refractivity contribution in [1.82, 2.24) is 4.90 Å². The summed E-state index contributed by atoms with van der Waals surface area (Å²) < 4.78 is 0. The zero-order valence-electron chi connectivity index (χ0n) is 8.11. The molecule has 1 N–H and O–H groups in total. The van der Waals surface area contributed by atoms with Crippen LogP contribution < -0.4 is 0 Å². The Balaban J connectivity index is 3.68. The first kappa shape index (κ1) is 12.3. The highest BCUT2D eigenvalue weighted by Crippen LogP contribution is 2.09. The van der Waals surface area contributed by atoms with E-state index in [4.69, 9.17) is 5.11 Å². The molecule has 0 saturated carbocycles. The number of carboxylic acids is 1. The number of hydrogen-bond acceptors (Lipinski definition) is 3. The summed E-state index contributed by atoms with van der Waals surface area (Å²) in [4.78, 5) is 23.0. The summed E-state index contributed by atoms with van der Waals surface area (Å²) in [6.45, 7) is 1.80. The molecule has 0 radical (unpaired) electrons. The Morgan fingerprint density at radius 1 is 1.46 bits per heavy atom. The minimum atomic E-state index is -0.838. The van der Waals surface area contributed by atoms with Crippen LogP contribution in [0.3, 0.4) is 0 Å². The Labute approximate surface area is 82.3 Å². The molecule has 0 aliphatic carbocycles. The topological polar surface area (TPSA) is 57.6 Å². The van der Waals surface area contributed by atoms with Crippen LogP contribution >= 0.6 is 11.8 Å². The number of carbonyl (C=O) groups excluding carboxylic acids is 1. The van der Waals surface area contributed by atoms with E-state index in [0.717, 1.165) is 0 Å². The normalized spacial score (nSPS) is 12.2. The molecule has 1 amide bonds. The van der Waals surface area contributed by atoms with Gasteiger partial charge in [0.2, 0.25) is 5.91 Å². The minimum Gasteiger partial charge on any atom is -0.481 e. The van der Waals surface area contributed by atoms with E-state index in [1.165, 1.54) is 16.7 Å². The van der Waals surface area contributed by atoms with Crippen molar-refractivity contribution < 1.29 is 14.7 Å². The van der Waals surface area contributed by atoms with Crippen molar-refractivity contribution in [3.05, 3.63) is 0 Å². The predicted octanol–water partition coefficient (Wildman–Crippen LogP) is 0.528. The summed E-state index contributed by atoms with van der Waals surface area (Å²) in [6.07, 6.45) is 0. The fourth-order valence-electron chi connectivity index (χ4n) is 0.835. The van der Waals surface area contributed by atoms with Crippen LogP contribution in [-0.2, 0) is 9.59 Å². The lowest BCUT2D eigenvalue weighted by Gasteiger charge is -2.15. The van der Waals surface area contributed by atoms with Crippen LogP contribution in [-0.4, -0.2) is 47.5 Å². The van der Waals surface area contributed by atoms with Gasteiger partial charge in [-0.15, -0.1) is 11.8 Å². The lowest BCUT2D eigenvalue weighted by Crippen LogP contribution is -2.29. The van der Waals surface area contributed by atoms with Crippen LogP contribution in [0.2, 0.25) is 0 Å². The zero-order chi connectivity index (χ0) is 10.4. The second kappa shape index (κ2) is 5.85. The lowest BCUT2D eigenvalue weighted by atomic mass is 10.2. The highest BCUT2D eigenvalue weighted by atomic mass is 32.2. The van der Waals surface area contributed by atoms with Gasteiger partial charge in [-0.2, -0.15) is 0 Å². The van der Waals surface area contributed by atoms with Crippen molar-refractivity contribution in [1.29, 1.82) is 0 Å². The molecular weight excluding hydrogens is 190 g/mol. The van der Waals surface area contributed by atoms with E-state index < -0.39 is 5.97 Å². The number of thioether (sulfide) groups is 1. The molecular formula is C8H15NO3S. The predicted molar refractivity (Wildman–Crippen MR) is 52.8 cm³/mol. The van der Waals surface area contributed by atoms with Crippen molar-refractivity contribution >= 4 is 23.6 Å². The molecule has 0 aliphatic rings. The van der Waals surface area contributed by atoms with Crippen molar-refractivity contribution in [2.75, 3.05) is 25.6 Å². The van der Waals surface area contributed by atoms with Gasteiger partial charge in [-0.25, -0.2) is 0 Å². The van der Waals surface area contributed by atoms with Crippen molar-refractivity contribution in [2.24, 2.45) is 5.92 Å². The molecule has 0 rings (SSSR count). The van der Waals surface area contributed by atoms with Crippen LogP contribution in [0.15, 0.2) is 0 Å². The smallest absolute Gasteiger partial charge is 0.313 e. The fourth-order valence-corrected chi connectivity index (χ4v) is 1.62. The number of carbonyl (C=O) groups is 2. The molecule has 0 saturated heterocycles. The Kier molecular flexibility index (Phi) is 5.53. The number of rotatable bonds is 5. The first-order valence-electron chi connectivity index (χ1n) is 3.96. The quantitative estimate of drug-likeness (QED) is 0.711. The third kappa shape index (κ3) is 5.52.